The first kappa shape index (κ1) is 10.8. The lowest BCUT2D eigenvalue weighted by Gasteiger charge is -2.24. The lowest BCUT2D eigenvalue weighted by atomic mass is 9.92. The molecular formula is C13H13N3O2. The van der Waals surface area contributed by atoms with Crippen molar-refractivity contribution in [3.63, 3.8) is 0 Å². The number of nitrogens with one attached hydrogen (secondary N) is 2. The van der Waals surface area contributed by atoms with Crippen molar-refractivity contribution < 1.29 is 9.53 Å². The summed E-state index contributed by atoms with van der Waals surface area (Å²) in [5.41, 5.74) is 1.63. The molecule has 0 aliphatic carbocycles. The van der Waals surface area contributed by atoms with E-state index in [2.05, 4.69) is 15.5 Å². The molecule has 1 aromatic carbocycles. The molecule has 0 saturated carbocycles. The summed E-state index contributed by atoms with van der Waals surface area (Å²) in [4.78, 5) is 12.2. The molecule has 1 atom stereocenters. The number of fused-ring (bicyclic) bond motifs is 1. The maximum atomic E-state index is 12.2. The fourth-order valence-corrected chi connectivity index (χ4v) is 2.16. The maximum absolute atomic E-state index is 12.2. The first-order valence-electron chi connectivity index (χ1n) is 5.86. The van der Waals surface area contributed by atoms with Crippen LogP contribution in [0.4, 0.5) is 5.69 Å². The molecular weight excluding hydrogens is 230 g/mol. The van der Waals surface area contributed by atoms with Crippen LogP contribution < -0.4 is 10.1 Å². The van der Waals surface area contributed by atoms with Gasteiger partial charge in [0, 0.05) is 11.8 Å². The predicted molar refractivity (Wildman–Crippen MR) is 66.5 cm³/mol. The van der Waals surface area contributed by atoms with Gasteiger partial charge in [0.15, 0.2) is 0 Å². The van der Waals surface area contributed by atoms with E-state index in [-0.39, 0.29) is 11.8 Å². The van der Waals surface area contributed by atoms with Crippen LogP contribution in [0.25, 0.3) is 0 Å². The van der Waals surface area contributed by atoms with E-state index in [1.165, 1.54) is 0 Å². The third-order valence-corrected chi connectivity index (χ3v) is 3.04. The molecule has 18 heavy (non-hydrogen) atoms. The van der Waals surface area contributed by atoms with Crippen LogP contribution in [0.2, 0.25) is 0 Å². The molecule has 1 amide bonds. The van der Waals surface area contributed by atoms with Crippen LogP contribution in [0.15, 0.2) is 36.7 Å². The maximum Gasteiger partial charge on any atom is 0.232 e. The van der Waals surface area contributed by atoms with Gasteiger partial charge in [-0.05, 0) is 12.5 Å². The number of benzene rings is 1. The van der Waals surface area contributed by atoms with Crippen LogP contribution in [-0.4, -0.2) is 22.7 Å². The van der Waals surface area contributed by atoms with E-state index in [0.29, 0.717) is 18.7 Å². The Labute approximate surface area is 104 Å². The van der Waals surface area contributed by atoms with Gasteiger partial charge in [-0.3, -0.25) is 9.89 Å². The number of aromatic amines is 1. The highest BCUT2D eigenvalue weighted by Crippen LogP contribution is 2.33. The average molecular weight is 243 g/mol. The van der Waals surface area contributed by atoms with Crippen molar-refractivity contribution in [1.29, 1.82) is 0 Å². The van der Waals surface area contributed by atoms with Crippen molar-refractivity contribution >= 4 is 11.6 Å². The normalized spacial score (nSPS) is 17.7. The van der Waals surface area contributed by atoms with E-state index in [1.807, 2.05) is 24.3 Å². The van der Waals surface area contributed by atoms with Gasteiger partial charge in [-0.15, -0.1) is 0 Å². The van der Waals surface area contributed by atoms with Crippen LogP contribution >= 0.6 is 0 Å². The van der Waals surface area contributed by atoms with Gasteiger partial charge in [0.25, 0.3) is 0 Å². The van der Waals surface area contributed by atoms with Gasteiger partial charge in [0.05, 0.1) is 24.4 Å². The van der Waals surface area contributed by atoms with E-state index < -0.39 is 0 Å². The number of H-pyrrole nitrogens is 1. The molecule has 5 nitrogen and oxygen atoms in total. The first-order chi connectivity index (χ1) is 8.84. The zero-order valence-corrected chi connectivity index (χ0v) is 9.72. The molecule has 0 spiro atoms. The molecule has 0 saturated heterocycles. The van der Waals surface area contributed by atoms with Gasteiger partial charge in [0.1, 0.15) is 5.75 Å². The zero-order chi connectivity index (χ0) is 12.4. The van der Waals surface area contributed by atoms with Crippen LogP contribution in [-0.2, 0) is 4.79 Å². The Hall–Kier alpha value is -2.30. The number of ether oxygens (including phenoxy) is 1. The Morgan fingerprint density at radius 2 is 2.33 bits per heavy atom. The summed E-state index contributed by atoms with van der Waals surface area (Å²) >= 11 is 0. The number of carbonyl (C=O) groups excluding carboxylic acids is 1. The number of carbonyl (C=O) groups is 1. The number of rotatable bonds is 2. The third kappa shape index (κ3) is 1.95. The van der Waals surface area contributed by atoms with Gasteiger partial charge in [-0.2, -0.15) is 5.10 Å². The number of hydrogen-bond donors (Lipinski definition) is 2. The number of nitrogens with zero attached hydrogens (tertiary/aromatic N) is 1. The minimum Gasteiger partial charge on any atom is -0.493 e. The molecule has 1 aliphatic heterocycles. The largest absolute Gasteiger partial charge is 0.493 e. The summed E-state index contributed by atoms with van der Waals surface area (Å²) in [6.07, 6.45) is 3.94. The Morgan fingerprint density at radius 1 is 1.44 bits per heavy atom. The quantitative estimate of drug-likeness (QED) is 0.846. The van der Waals surface area contributed by atoms with Crippen LogP contribution in [0, 0.1) is 0 Å². The average Bonchev–Trinajstić information content (AvgIpc) is 2.91. The SMILES string of the molecule is O=C(Nc1cn[nH]c1)C1CCOc2ccccc21. The van der Waals surface area contributed by atoms with Crippen LogP contribution in [0.1, 0.15) is 17.9 Å². The van der Waals surface area contributed by atoms with E-state index >= 15 is 0 Å². The molecule has 2 N–H and O–H groups in total. The van der Waals surface area contributed by atoms with Crippen molar-refractivity contribution in [2.75, 3.05) is 11.9 Å². The molecule has 5 heteroatoms. The lowest BCUT2D eigenvalue weighted by Crippen LogP contribution is -2.26. The van der Waals surface area contributed by atoms with Crippen molar-refractivity contribution in [2.24, 2.45) is 0 Å². The molecule has 1 unspecified atom stereocenters. The van der Waals surface area contributed by atoms with E-state index in [0.717, 1.165) is 11.3 Å². The second-order valence-electron chi connectivity index (χ2n) is 4.20. The fourth-order valence-electron chi connectivity index (χ4n) is 2.16. The highest BCUT2D eigenvalue weighted by Gasteiger charge is 2.27. The van der Waals surface area contributed by atoms with Gasteiger partial charge >= 0.3 is 0 Å². The fraction of sp³-hybridized carbons (Fsp3) is 0.231. The Morgan fingerprint density at radius 3 is 3.17 bits per heavy atom. The summed E-state index contributed by atoms with van der Waals surface area (Å²) in [6, 6.07) is 7.67. The van der Waals surface area contributed by atoms with Gasteiger partial charge in [0.2, 0.25) is 5.91 Å². The first-order valence-corrected chi connectivity index (χ1v) is 5.86. The van der Waals surface area contributed by atoms with Crippen molar-refractivity contribution in [2.45, 2.75) is 12.3 Å². The third-order valence-electron chi connectivity index (χ3n) is 3.04. The second kappa shape index (κ2) is 4.52. The zero-order valence-electron chi connectivity index (χ0n) is 9.72. The predicted octanol–water partition coefficient (Wildman–Crippen LogP) is 1.91. The molecule has 0 bridgehead atoms. The van der Waals surface area contributed by atoms with Crippen molar-refractivity contribution in [1.82, 2.24) is 10.2 Å². The van der Waals surface area contributed by atoms with Crippen LogP contribution in [0.5, 0.6) is 5.75 Å². The smallest absolute Gasteiger partial charge is 0.232 e. The number of para-hydroxylation sites is 1. The Balaban J connectivity index is 1.83. The summed E-state index contributed by atoms with van der Waals surface area (Å²) in [5.74, 6) is 0.619. The summed E-state index contributed by atoms with van der Waals surface area (Å²) < 4.78 is 5.54. The number of amides is 1. The summed E-state index contributed by atoms with van der Waals surface area (Å²) in [7, 11) is 0. The number of aromatic nitrogens is 2. The Kier molecular flexibility index (Phi) is 2.72. The van der Waals surface area contributed by atoms with Crippen LogP contribution in [0.3, 0.4) is 0 Å². The molecule has 2 heterocycles. The highest BCUT2D eigenvalue weighted by molar-refractivity contribution is 5.96. The second-order valence-corrected chi connectivity index (χ2v) is 4.20. The van der Waals surface area contributed by atoms with Gasteiger partial charge in [-0.25, -0.2) is 0 Å². The van der Waals surface area contributed by atoms with Gasteiger partial charge in [-0.1, -0.05) is 18.2 Å². The topological polar surface area (TPSA) is 67.0 Å². The van der Waals surface area contributed by atoms with E-state index in [9.17, 15) is 4.79 Å². The van der Waals surface area contributed by atoms with Crippen molar-refractivity contribution in [3.8, 4) is 5.75 Å². The monoisotopic (exact) mass is 243 g/mol. The van der Waals surface area contributed by atoms with Crippen molar-refractivity contribution in [3.05, 3.63) is 42.2 Å². The van der Waals surface area contributed by atoms with E-state index in [4.69, 9.17) is 4.74 Å². The minimum absolute atomic E-state index is 0.0212. The highest BCUT2D eigenvalue weighted by atomic mass is 16.5. The minimum atomic E-state index is -0.162. The lowest BCUT2D eigenvalue weighted by molar-refractivity contribution is -0.118. The molecule has 0 radical (unpaired) electrons. The molecule has 1 aromatic heterocycles. The summed E-state index contributed by atoms with van der Waals surface area (Å²) in [5, 5.41) is 9.31. The summed E-state index contributed by atoms with van der Waals surface area (Å²) in [6.45, 7) is 0.570. The number of hydrogen-bond acceptors (Lipinski definition) is 3. The standard InChI is InChI=1S/C13H13N3O2/c17-13(16-9-7-14-15-8-9)11-5-6-18-12-4-2-1-3-10(11)12/h1-4,7-8,11H,5-6H2,(H,14,15)(H,16,17). The molecule has 0 fully saturated rings. The molecule has 2 aromatic rings. The molecule has 1 aliphatic rings. The molecule has 3 rings (SSSR count). The molecule has 92 valence electrons. The Bertz CT molecular complexity index is 551. The number of anilines is 1. The van der Waals surface area contributed by atoms with Gasteiger partial charge < -0.3 is 10.1 Å². The van der Waals surface area contributed by atoms with E-state index in [1.54, 1.807) is 12.4 Å².